The van der Waals surface area contributed by atoms with E-state index in [0.717, 1.165) is 37.7 Å². The van der Waals surface area contributed by atoms with Gasteiger partial charge in [0.05, 0.1) is 6.61 Å². The molecular formula is C20H29NO5. The zero-order valence-electron chi connectivity index (χ0n) is 15.8. The van der Waals surface area contributed by atoms with Crippen molar-refractivity contribution in [3.63, 3.8) is 0 Å². The van der Waals surface area contributed by atoms with Crippen LogP contribution in [0.1, 0.15) is 76.3 Å². The molecule has 0 radical (unpaired) electrons. The van der Waals surface area contributed by atoms with Crippen molar-refractivity contribution in [1.29, 1.82) is 0 Å². The molecule has 144 valence electrons. The third-order valence-corrected chi connectivity index (χ3v) is 5.25. The molecule has 0 spiro atoms. The summed E-state index contributed by atoms with van der Waals surface area (Å²) in [4.78, 5) is 14.5. The monoisotopic (exact) mass is 363 g/mol. The number of phenolic OH excluding ortho intramolecular Hbond substituents is 2. The topological polar surface area (TPSA) is 92.8 Å². The van der Waals surface area contributed by atoms with E-state index in [1.54, 1.807) is 12.1 Å². The van der Waals surface area contributed by atoms with Gasteiger partial charge in [-0.2, -0.15) is 0 Å². The number of phenols is 2. The molecule has 0 aliphatic heterocycles. The normalized spacial score (nSPS) is 17.7. The molecule has 0 amide bonds. The highest BCUT2D eigenvalue weighted by molar-refractivity contribution is 5.52. The van der Waals surface area contributed by atoms with Gasteiger partial charge in [-0.05, 0) is 62.1 Å². The Kier molecular flexibility index (Phi) is 6.51. The molecular weight excluding hydrogens is 334 g/mol. The molecule has 1 aliphatic carbocycles. The summed E-state index contributed by atoms with van der Waals surface area (Å²) in [6, 6.07) is 3.50. The van der Waals surface area contributed by atoms with Gasteiger partial charge in [-0.3, -0.25) is 0 Å². The maximum Gasteiger partial charge on any atom is 0.294 e. The van der Waals surface area contributed by atoms with Gasteiger partial charge in [-0.25, -0.2) is 0 Å². The highest BCUT2D eigenvalue weighted by Crippen LogP contribution is 2.43. The standard InChI is InChI=1S/C20H29NO5/c1-14-7-6-8-15(11-14)19-17(22)12-16(13-18(19)23)20(2,3)9-4-5-10-26-21(24)25/h11-13,15,22-23H,4-10H2,1-3H3/t15-/m0/s1. The van der Waals surface area contributed by atoms with E-state index in [2.05, 4.69) is 17.8 Å². The lowest BCUT2D eigenvalue weighted by Gasteiger charge is -2.28. The van der Waals surface area contributed by atoms with Crippen molar-refractivity contribution in [3.8, 4) is 11.5 Å². The first kappa shape index (κ1) is 20.1. The van der Waals surface area contributed by atoms with Crippen LogP contribution in [-0.4, -0.2) is 21.9 Å². The molecule has 1 atom stereocenters. The van der Waals surface area contributed by atoms with Gasteiger partial charge >= 0.3 is 0 Å². The van der Waals surface area contributed by atoms with E-state index >= 15 is 0 Å². The van der Waals surface area contributed by atoms with E-state index in [1.165, 1.54) is 5.57 Å². The van der Waals surface area contributed by atoms with Crippen LogP contribution in [0.4, 0.5) is 0 Å². The molecule has 1 aromatic rings. The number of allylic oxidation sites excluding steroid dienone is 2. The van der Waals surface area contributed by atoms with Crippen molar-refractivity contribution in [3.05, 3.63) is 45.0 Å². The molecule has 0 bridgehead atoms. The first-order chi connectivity index (χ1) is 12.2. The lowest BCUT2D eigenvalue weighted by Crippen LogP contribution is -2.18. The lowest BCUT2D eigenvalue weighted by molar-refractivity contribution is -0.757. The van der Waals surface area contributed by atoms with E-state index in [9.17, 15) is 20.3 Å². The Bertz CT molecular complexity index is 658. The third-order valence-electron chi connectivity index (χ3n) is 5.25. The number of hydrogen-bond donors (Lipinski definition) is 2. The zero-order chi connectivity index (χ0) is 19.3. The summed E-state index contributed by atoms with van der Waals surface area (Å²) in [6.45, 7) is 6.26. The van der Waals surface area contributed by atoms with E-state index < -0.39 is 5.09 Å². The van der Waals surface area contributed by atoms with E-state index in [-0.39, 0.29) is 29.4 Å². The molecule has 0 unspecified atom stereocenters. The number of unbranched alkanes of at least 4 members (excludes halogenated alkanes) is 1. The number of nitrogens with zero attached hydrogens (tertiary/aromatic N) is 1. The lowest BCUT2D eigenvalue weighted by atomic mass is 9.78. The Labute approximate surface area is 154 Å². The fourth-order valence-electron chi connectivity index (χ4n) is 3.68. The summed E-state index contributed by atoms with van der Waals surface area (Å²) < 4.78 is 0. The number of aromatic hydroxyl groups is 2. The number of rotatable bonds is 8. The average Bonchev–Trinajstić information content (AvgIpc) is 2.53. The molecule has 2 rings (SSSR count). The molecule has 0 saturated carbocycles. The summed E-state index contributed by atoms with van der Waals surface area (Å²) >= 11 is 0. The van der Waals surface area contributed by atoms with Crippen molar-refractivity contribution in [1.82, 2.24) is 0 Å². The second-order valence-electron chi connectivity index (χ2n) is 7.84. The predicted molar refractivity (Wildman–Crippen MR) is 99.9 cm³/mol. The largest absolute Gasteiger partial charge is 0.507 e. The number of hydrogen-bond acceptors (Lipinski definition) is 5. The Morgan fingerprint density at radius 2 is 1.92 bits per heavy atom. The molecule has 0 heterocycles. The average molecular weight is 363 g/mol. The van der Waals surface area contributed by atoms with Crippen molar-refractivity contribution >= 4 is 0 Å². The van der Waals surface area contributed by atoms with Crippen LogP contribution in [0.5, 0.6) is 11.5 Å². The summed E-state index contributed by atoms with van der Waals surface area (Å²) in [7, 11) is 0. The fraction of sp³-hybridized carbons (Fsp3) is 0.600. The van der Waals surface area contributed by atoms with Crippen molar-refractivity contribution in [2.45, 2.75) is 70.6 Å². The second-order valence-corrected chi connectivity index (χ2v) is 7.84. The first-order valence-electron chi connectivity index (χ1n) is 9.21. The molecule has 6 heteroatoms. The van der Waals surface area contributed by atoms with Gasteiger partial charge in [0, 0.05) is 11.5 Å². The van der Waals surface area contributed by atoms with Gasteiger partial charge in [0.25, 0.3) is 5.09 Å². The van der Waals surface area contributed by atoms with Gasteiger partial charge < -0.3 is 15.1 Å². The van der Waals surface area contributed by atoms with E-state index in [0.29, 0.717) is 12.0 Å². The second kappa shape index (κ2) is 8.43. The smallest absolute Gasteiger partial charge is 0.294 e. The minimum Gasteiger partial charge on any atom is -0.507 e. The minimum atomic E-state index is -0.776. The molecule has 0 saturated heterocycles. The van der Waals surface area contributed by atoms with Gasteiger partial charge in [0.1, 0.15) is 11.5 Å². The molecule has 26 heavy (non-hydrogen) atoms. The van der Waals surface area contributed by atoms with Gasteiger partial charge in [0.2, 0.25) is 0 Å². The van der Waals surface area contributed by atoms with Crippen LogP contribution < -0.4 is 0 Å². The highest BCUT2D eigenvalue weighted by atomic mass is 16.9. The molecule has 0 aromatic heterocycles. The summed E-state index contributed by atoms with van der Waals surface area (Å²) in [5, 5.41) is 30.5. The minimum absolute atomic E-state index is 0.0557. The Hall–Kier alpha value is -2.24. The number of benzene rings is 1. The molecule has 2 N–H and O–H groups in total. The van der Waals surface area contributed by atoms with Crippen molar-refractivity contribution in [2.75, 3.05) is 6.61 Å². The van der Waals surface area contributed by atoms with E-state index in [4.69, 9.17) is 0 Å². The van der Waals surface area contributed by atoms with Crippen molar-refractivity contribution in [2.24, 2.45) is 0 Å². The highest BCUT2D eigenvalue weighted by Gasteiger charge is 2.26. The van der Waals surface area contributed by atoms with Crippen LogP contribution in [0, 0.1) is 10.1 Å². The van der Waals surface area contributed by atoms with E-state index in [1.807, 2.05) is 13.8 Å². The Morgan fingerprint density at radius 3 is 2.50 bits per heavy atom. The SMILES string of the molecule is CC1=C[C@@H](c2c(O)cc(C(C)(C)CCCCO[N+](=O)[O-])cc2O)CCC1. The molecule has 1 aromatic carbocycles. The van der Waals surface area contributed by atoms with Gasteiger partial charge in [-0.15, -0.1) is 10.1 Å². The van der Waals surface area contributed by atoms with Crippen LogP contribution in [0.3, 0.4) is 0 Å². The summed E-state index contributed by atoms with van der Waals surface area (Å²) in [6.07, 6.45) is 7.32. The summed E-state index contributed by atoms with van der Waals surface area (Å²) in [5.74, 6) is 0.335. The summed E-state index contributed by atoms with van der Waals surface area (Å²) in [5.41, 5.74) is 2.51. The Morgan fingerprint density at radius 1 is 1.27 bits per heavy atom. The fourth-order valence-corrected chi connectivity index (χ4v) is 3.68. The quantitative estimate of drug-likeness (QED) is 0.294. The third kappa shape index (κ3) is 5.13. The van der Waals surface area contributed by atoms with Crippen LogP contribution in [0.25, 0.3) is 0 Å². The predicted octanol–water partition coefficient (Wildman–Crippen LogP) is 4.97. The molecule has 6 nitrogen and oxygen atoms in total. The molecule has 1 aliphatic rings. The van der Waals surface area contributed by atoms with Crippen LogP contribution in [0.2, 0.25) is 0 Å². The van der Waals surface area contributed by atoms with Crippen molar-refractivity contribution < 1.29 is 20.1 Å². The zero-order valence-corrected chi connectivity index (χ0v) is 15.8. The van der Waals surface area contributed by atoms with Crippen LogP contribution in [0.15, 0.2) is 23.8 Å². The van der Waals surface area contributed by atoms with Gasteiger partial charge in [-0.1, -0.05) is 31.9 Å². The maximum absolute atomic E-state index is 10.6. The van der Waals surface area contributed by atoms with Crippen LogP contribution in [-0.2, 0) is 10.3 Å². The first-order valence-corrected chi connectivity index (χ1v) is 9.21. The maximum atomic E-state index is 10.6. The van der Waals surface area contributed by atoms with Crippen LogP contribution >= 0.6 is 0 Å². The Balaban J connectivity index is 2.10. The molecule has 0 fully saturated rings. The van der Waals surface area contributed by atoms with Gasteiger partial charge in [0.15, 0.2) is 0 Å².